The van der Waals surface area contributed by atoms with Gasteiger partial charge in [-0.15, -0.1) is 0 Å². The number of carbonyl (C=O) groups is 2. The zero-order valence-electron chi connectivity index (χ0n) is 13.1. The van der Waals surface area contributed by atoms with E-state index in [9.17, 15) is 9.59 Å². The molecule has 1 fully saturated rings. The molecule has 0 spiro atoms. The number of rotatable bonds is 4. The first kappa shape index (κ1) is 16.5. The van der Waals surface area contributed by atoms with Gasteiger partial charge in [0, 0.05) is 12.6 Å². The number of hydrogen-bond donors (Lipinski definition) is 1. The van der Waals surface area contributed by atoms with Crippen LogP contribution < -0.4 is 5.32 Å². The van der Waals surface area contributed by atoms with Gasteiger partial charge in [-0.3, -0.25) is 4.79 Å². The van der Waals surface area contributed by atoms with Crippen LogP contribution in [0, 0.1) is 11.8 Å². The molecule has 0 aromatic carbocycles. The molecule has 0 bridgehead atoms. The molecule has 2 atom stereocenters. The number of carbonyl (C=O) groups excluding carboxylic acids is 2. The first-order valence-electron chi connectivity index (χ1n) is 7.09. The molecular weight excluding hydrogens is 256 g/mol. The lowest BCUT2D eigenvalue weighted by molar-refractivity contribution is -0.135. The Morgan fingerprint density at radius 3 is 2.40 bits per heavy atom. The van der Waals surface area contributed by atoms with Crippen molar-refractivity contribution in [1.29, 1.82) is 0 Å². The van der Waals surface area contributed by atoms with E-state index in [0.717, 1.165) is 12.0 Å². The summed E-state index contributed by atoms with van der Waals surface area (Å²) >= 11 is 0. The topological polar surface area (TPSA) is 58.6 Å². The fourth-order valence-electron chi connectivity index (χ4n) is 2.54. The molecule has 0 aromatic heterocycles. The molecule has 5 heteroatoms. The number of likely N-dealkylation sites (tertiary alicyclic amines) is 1. The second-order valence-electron chi connectivity index (χ2n) is 6.09. The summed E-state index contributed by atoms with van der Waals surface area (Å²) in [6.07, 6.45) is 0.267. The molecule has 20 heavy (non-hydrogen) atoms. The van der Waals surface area contributed by atoms with Crippen LogP contribution in [0.1, 0.15) is 34.1 Å². The minimum absolute atomic E-state index is 0.00303. The molecule has 1 aliphatic heterocycles. The first-order valence-corrected chi connectivity index (χ1v) is 7.09. The SMILES string of the molecule is C=C1C[C@@H](C(C)C)N(C(=O)[C@@H](NC(=O)OC)C(C)C)C1. The Bertz CT molecular complexity index is 391. The molecule has 0 aliphatic carbocycles. The number of amides is 2. The minimum Gasteiger partial charge on any atom is -0.453 e. The number of nitrogens with one attached hydrogen (secondary N) is 1. The molecule has 1 saturated heterocycles. The van der Waals surface area contributed by atoms with E-state index in [1.54, 1.807) is 0 Å². The summed E-state index contributed by atoms with van der Waals surface area (Å²) in [5.74, 6) is 0.315. The van der Waals surface area contributed by atoms with Crippen LogP contribution in [0.4, 0.5) is 4.79 Å². The third-order valence-corrected chi connectivity index (χ3v) is 3.74. The van der Waals surface area contributed by atoms with Gasteiger partial charge in [0.2, 0.25) is 5.91 Å². The third-order valence-electron chi connectivity index (χ3n) is 3.74. The highest BCUT2D eigenvalue weighted by atomic mass is 16.5. The van der Waals surface area contributed by atoms with Crippen molar-refractivity contribution in [1.82, 2.24) is 10.2 Å². The summed E-state index contributed by atoms with van der Waals surface area (Å²) in [4.78, 5) is 26.0. The lowest BCUT2D eigenvalue weighted by atomic mass is 9.98. The van der Waals surface area contributed by atoms with E-state index in [4.69, 9.17) is 0 Å². The van der Waals surface area contributed by atoms with Gasteiger partial charge < -0.3 is 15.0 Å². The van der Waals surface area contributed by atoms with Crippen molar-refractivity contribution >= 4 is 12.0 Å². The molecule has 0 unspecified atom stereocenters. The maximum Gasteiger partial charge on any atom is 0.407 e. The molecule has 1 rings (SSSR count). The number of hydrogen-bond acceptors (Lipinski definition) is 3. The summed E-state index contributed by atoms with van der Waals surface area (Å²) in [5, 5.41) is 2.64. The maximum atomic E-state index is 12.7. The van der Waals surface area contributed by atoms with Gasteiger partial charge in [-0.2, -0.15) is 0 Å². The number of alkyl carbamates (subject to hydrolysis) is 1. The highest BCUT2D eigenvalue weighted by Crippen LogP contribution is 2.28. The average molecular weight is 282 g/mol. The van der Waals surface area contributed by atoms with Crippen LogP contribution >= 0.6 is 0 Å². The summed E-state index contributed by atoms with van der Waals surface area (Å²) in [6, 6.07) is -0.398. The van der Waals surface area contributed by atoms with Crippen molar-refractivity contribution in [3.05, 3.63) is 12.2 Å². The molecular formula is C15H26N2O3. The van der Waals surface area contributed by atoms with Gasteiger partial charge in [0.1, 0.15) is 6.04 Å². The zero-order valence-corrected chi connectivity index (χ0v) is 13.1. The van der Waals surface area contributed by atoms with Crippen LogP contribution in [0.2, 0.25) is 0 Å². The highest BCUT2D eigenvalue weighted by Gasteiger charge is 2.37. The normalized spacial score (nSPS) is 20.4. The van der Waals surface area contributed by atoms with Crippen molar-refractivity contribution in [2.24, 2.45) is 11.8 Å². The van der Waals surface area contributed by atoms with Crippen LogP contribution in [-0.2, 0) is 9.53 Å². The van der Waals surface area contributed by atoms with E-state index in [1.165, 1.54) is 7.11 Å². The Hall–Kier alpha value is -1.52. The number of nitrogens with zero attached hydrogens (tertiary/aromatic N) is 1. The lowest BCUT2D eigenvalue weighted by Gasteiger charge is -2.32. The Labute approximate surface area is 121 Å². The third kappa shape index (κ3) is 3.74. The van der Waals surface area contributed by atoms with E-state index in [1.807, 2.05) is 18.7 Å². The van der Waals surface area contributed by atoms with Crippen molar-refractivity contribution in [3.8, 4) is 0 Å². The maximum absolute atomic E-state index is 12.7. The Kier molecular flexibility index (Phi) is 5.60. The van der Waals surface area contributed by atoms with Crippen molar-refractivity contribution in [2.75, 3.05) is 13.7 Å². The van der Waals surface area contributed by atoms with E-state index in [0.29, 0.717) is 12.5 Å². The molecule has 1 heterocycles. The number of methoxy groups -OCH3 is 1. The Morgan fingerprint density at radius 1 is 1.35 bits per heavy atom. The standard InChI is InChI=1S/C15H26N2O3/c1-9(2)12-7-11(5)8-17(12)14(18)13(10(3)4)16-15(19)20-6/h9-10,12-13H,5,7-8H2,1-4,6H3,(H,16,19)/t12-,13-/m0/s1. The van der Waals surface area contributed by atoms with E-state index in [-0.39, 0.29) is 17.9 Å². The molecule has 0 radical (unpaired) electrons. The quantitative estimate of drug-likeness (QED) is 0.804. The van der Waals surface area contributed by atoms with Crippen LogP contribution in [-0.4, -0.2) is 42.6 Å². The molecule has 2 amide bonds. The molecule has 0 saturated carbocycles. The van der Waals surface area contributed by atoms with E-state index >= 15 is 0 Å². The van der Waals surface area contributed by atoms with E-state index in [2.05, 4.69) is 30.5 Å². The van der Waals surface area contributed by atoms with Gasteiger partial charge in [0.25, 0.3) is 0 Å². The predicted octanol–water partition coefficient (Wildman–Crippen LogP) is 2.18. The second kappa shape index (κ2) is 6.77. The fourth-order valence-corrected chi connectivity index (χ4v) is 2.54. The van der Waals surface area contributed by atoms with Gasteiger partial charge in [-0.05, 0) is 18.3 Å². The molecule has 114 valence electrons. The van der Waals surface area contributed by atoms with Gasteiger partial charge in [-0.25, -0.2) is 4.79 Å². The molecule has 5 nitrogen and oxygen atoms in total. The van der Waals surface area contributed by atoms with Crippen LogP contribution in [0.25, 0.3) is 0 Å². The molecule has 0 aromatic rings. The monoisotopic (exact) mass is 282 g/mol. The van der Waals surface area contributed by atoms with Crippen LogP contribution in [0.5, 0.6) is 0 Å². The largest absolute Gasteiger partial charge is 0.453 e. The predicted molar refractivity (Wildman–Crippen MR) is 78.3 cm³/mol. The molecule has 1 aliphatic rings. The average Bonchev–Trinajstić information content (AvgIpc) is 2.76. The summed E-state index contributed by atoms with van der Waals surface area (Å²) in [5.41, 5.74) is 1.07. The van der Waals surface area contributed by atoms with Gasteiger partial charge in [0.15, 0.2) is 0 Å². The fraction of sp³-hybridized carbons (Fsp3) is 0.733. The second-order valence-corrected chi connectivity index (χ2v) is 6.09. The summed E-state index contributed by atoms with van der Waals surface area (Å²) < 4.78 is 4.60. The van der Waals surface area contributed by atoms with Crippen molar-refractivity contribution < 1.29 is 14.3 Å². The van der Waals surface area contributed by atoms with Crippen LogP contribution in [0.3, 0.4) is 0 Å². The van der Waals surface area contributed by atoms with Crippen molar-refractivity contribution in [3.63, 3.8) is 0 Å². The Morgan fingerprint density at radius 2 is 1.95 bits per heavy atom. The summed E-state index contributed by atoms with van der Waals surface area (Å²) in [6.45, 7) is 12.6. The first-order chi connectivity index (χ1) is 9.27. The van der Waals surface area contributed by atoms with Gasteiger partial charge in [-0.1, -0.05) is 39.8 Å². The zero-order chi connectivity index (χ0) is 15.4. The molecule has 1 N–H and O–H groups in total. The highest BCUT2D eigenvalue weighted by molar-refractivity contribution is 5.86. The Balaban J connectivity index is 2.88. The lowest BCUT2D eigenvalue weighted by Crippen LogP contribution is -2.53. The van der Waals surface area contributed by atoms with Crippen LogP contribution in [0.15, 0.2) is 12.2 Å². The number of ether oxygens (including phenoxy) is 1. The van der Waals surface area contributed by atoms with Gasteiger partial charge in [0.05, 0.1) is 7.11 Å². The van der Waals surface area contributed by atoms with Gasteiger partial charge >= 0.3 is 6.09 Å². The minimum atomic E-state index is -0.573. The smallest absolute Gasteiger partial charge is 0.407 e. The van der Waals surface area contributed by atoms with E-state index < -0.39 is 12.1 Å². The van der Waals surface area contributed by atoms with Crippen molar-refractivity contribution in [2.45, 2.75) is 46.2 Å². The summed E-state index contributed by atoms with van der Waals surface area (Å²) in [7, 11) is 1.30.